The van der Waals surface area contributed by atoms with Gasteiger partial charge in [0.1, 0.15) is 6.10 Å². The van der Waals surface area contributed by atoms with Crippen molar-refractivity contribution in [3.05, 3.63) is 81.5 Å². The number of fused-ring (bicyclic) bond motifs is 1. The molecule has 1 fully saturated rings. The minimum absolute atomic E-state index is 0.136. The number of benzene rings is 1. The molecular formula is C32H42FN5O2. The Morgan fingerprint density at radius 2 is 1.93 bits per heavy atom. The highest BCUT2D eigenvalue weighted by molar-refractivity contribution is 5.95. The summed E-state index contributed by atoms with van der Waals surface area (Å²) >= 11 is 0. The maximum Gasteiger partial charge on any atom is 0.249 e. The summed E-state index contributed by atoms with van der Waals surface area (Å²) in [5.74, 6) is -0.864. The van der Waals surface area contributed by atoms with Gasteiger partial charge in [0.05, 0.1) is 23.5 Å². The molecular weight excluding hydrogens is 505 g/mol. The van der Waals surface area contributed by atoms with Crippen LogP contribution in [0.25, 0.3) is 12.2 Å². The number of allylic oxidation sites excluding steroid dienone is 2. The molecule has 3 heterocycles. The van der Waals surface area contributed by atoms with Crippen LogP contribution in [0, 0.1) is 5.92 Å². The number of nitrogens with zero attached hydrogens (tertiary/aromatic N) is 2. The van der Waals surface area contributed by atoms with Crippen molar-refractivity contribution in [3.8, 4) is 0 Å². The summed E-state index contributed by atoms with van der Waals surface area (Å²) in [6.45, 7) is 10.1. The molecule has 5 rings (SSSR count). The van der Waals surface area contributed by atoms with Crippen LogP contribution in [0.5, 0.6) is 0 Å². The van der Waals surface area contributed by atoms with Crippen molar-refractivity contribution >= 4 is 18.1 Å². The first-order valence-electron chi connectivity index (χ1n) is 14.4. The van der Waals surface area contributed by atoms with Crippen molar-refractivity contribution in [2.24, 2.45) is 5.92 Å². The van der Waals surface area contributed by atoms with Crippen LogP contribution in [-0.4, -0.2) is 74.2 Å². The molecule has 1 saturated heterocycles. The molecule has 1 aromatic carbocycles. The number of nitrogens with one attached hydrogen (secondary N) is 3. The van der Waals surface area contributed by atoms with Crippen molar-refractivity contribution in [3.63, 3.8) is 0 Å². The van der Waals surface area contributed by atoms with Gasteiger partial charge in [0.2, 0.25) is 5.91 Å². The molecule has 1 aromatic rings. The summed E-state index contributed by atoms with van der Waals surface area (Å²) in [6, 6.07) is 8.16. The number of ether oxygens (including phenoxy) is 1. The van der Waals surface area contributed by atoms with Gasteiger partial charge >= 0.3 is 0 Å². The summed E-state index contributed by atoms with van der Waals surface area (Å²) in [6.07, 6.45) is 8.32. The number of carbonyl (C=O) groups is 1. The molecule has 0 spiro atoms. The quantitative estimate of drug-likeness (QED) is 0.508. The highest BCUT2D eigenvalue weighted by Crippen LogP contribution is 2.44. The van der Waals surface area contributed by atoms with E-state index >= 15 is 4.39 Å². The number of likely N-dealkylation sites (N-methyl/N-ethyl adjacent to an activating group) is 2. The number of hydrogen-bond donors (Lipinski definition) is 3. The SMILES string of the molecule is C=C1/C=c2/cccc/c2=C/C(C)OC2C(NC)=C(F)C(NC)=C3C(C)C(C(=O)NCCC4CCCN4C)=CN1C32. The lowest BCUT2D eigenvalue weighted by Gasteiger charge is -2.48. The summed E-state index contributed by atoms with van der Waals surface area (Å²) in [5, 5.41) is 11.3. The molecule has 5 unspecified atom stereocenters. The Hall–Kier alpha value is -3.36. The number of likely N-dealkylation sites (tertiary alicyclic amines) is 1. The number of amides is 1. The standard InChI is InChI=1S/C32H42FN5O2/c1-19-16-22-10-7-8-11-23(22)17-20(2)40-31-29(35-5)27(33)28(34-4)26-21(3)25(18-38(19)30(26)31)32(39)36-14-13-24-12-9-15-37(24)6/h7-8,10-11,16-18,20-21,24,30-31,34-35H,1,9,12-15H2,2-6H3,(H,36,39)/b22-16-,23-17-. The fraction of sp³-hybridized carbons (Fsp3) is 0.469. The second-order valence-electron chi connectivity index (χ2n) is 11.2. The van der Waals surface area contributed by atoms with E-state index in [4.69, 9.17) is 4.74 Å². The second-order valence-corrected chi connectivity index (χ2v) is 11.2. The fourth-order valence-corrected chi connectivity index (χ4v) is 6.67. The van der Waals surface area contributed by atoms with Gasteiger partial charge in [-0.2, -0.15) is 0 Å². The molecule has 3 N–H and O–H groups in total. The zero-order valence-electron chi connectivity index (χ0n) is 24.3. The first-order valence-corrected chi connectivity index (χ1v) is 14.4. The van der Waals surface area contributed by atoms with Crippen molar-refractivity contribution in [1.29, 1.82) is 0 Å². The van der Waals surface area contributed by atoms with Gasteiger partial charge in [0.15, 0.2) is 5.83 Å². The van der Waals surface area contributed by atoms with Gasteiger partial charge < -0.3 is 30.5 Å². The largest absolute Gasteiger partial charge is 0.387 e. The van der Waals surface area contributed by atoms with Gasteiger partial charge in [-0.05, 0) is 67.9 Å². The number of rotatable bonds is 6. The maximum atomic E-state index is 16.1. The third kappa shape index (κ3) is 5.10. The van der Waals surface area contributed by atoms with E-state index in [0.29, 0.717) is 35.3 Å². The van der Waals surface area contributed by atoms with Crippen LogP contribution < -0.4 is 26.4 Å². The summed E-state index contributed by atoms with van der Waals surface area (Å²) in [7, 11) is 5.58. The van der Waals surface area contributed by atoms with E-state index in [9.17, 15) is 4.79 Å². The Morgan fingerprint density at radius 1 is 1.18 bits per heavy atom. The third-order valence-corrected chi connectivity index (χ3v) is 8.79. The van der Waals surface area contributed by atoms with Crippen LogP contribution in [-0.2, 0) is 9.53 Å². The fourth-order valence-electron chi connectivity index (χ4n) is 6.67. The molecule has 214 valence electrons. The van der Waals surface area contributed by atoms with Gasteiger partial charge in [-0.25, -0.2) is 4.39 Å². The molecule has 0 radical (unpaired) electrons. The highest BCUT2D eigenvalue weighted by Gasteiger charge is 2.47. The third-order valence-electron chi connectivity index (χ3n) is 8.79. The van der Waals surface area contributed by atoms with E-state index < -0.39 is 18.0 Å². The molecule has 0 saturated carbocycles. The van der Waals surface area contributed by atoms with E-state index in [1.807, 2.05) is 55.3 Å². The highest BCUT2D eigenvalue weighted by atomic mass is 19.1. The van der Waals surface area contributed by atoms with E-state index in [-0.39, 0.29) is 17.9 Å². The lowest BCUT2D eigenvalue weighted by atomic mass is 9.76. The maximum absolute atomic E-state index is 16.1. The van der Waals surface area contributed by atoms with E-state index in [0.717, 1.165) is 35.4 Å². The van der Waals surface area contributed by atoms with Crippen LogP contribution in [0.3, 0.4) is 0 Å². The van der Waals surface area contributed by atoms with Gasteiger partial charge in [0, 0.05) is 50.1 Å². The van der Waals surface area contributed by atoms with E-state index in [2.05, 4.69) is 40.6 Å². The van der Waals surface area contributed by atoms with Crippen molar-refractivity contribution in [2.75, 3.05) is 34.2 Å². The smallest absolute Gasteiger partial charge is 0.249 e. The van der Waals surface area contributed by atoms with Crippen molar-refractivity contribution < 1.29 is 13.9 Å². The number of carbonyl (C=O) groups excluding carboxylic acids is 1. The van der Waals surface area contributed by atoms with E-state index in [1.54, 1.807) is 14.1 Å². The molecule has 1 amide bonds. The van der Waals surface area contributed by atoms with Gasteiger partial charge in [0.25, 0.3) is 0 Å². The van der Waals surface area contributed by atoms with Crippen LogP contribution >= 0.6 is 0 Å². The first kappa shape index (κ1) is 28.2. The summed E-state index contributed by atoms with van der Waals surface area (Å²) < 4.78 is 22.7. The molecule has 4 aliphatic rings. The first-order chi connectivity index (χ1) is 19.2. The molecule has 1 aliphatic carbocycles. The van der Waals surface area contributed by atoms with Crippen LogP contribution in [0.1, 0.15) is 33.1 Å². The lowest BCUT2D eigenvalue weighted by molar-refractivity contribution is -0.118. The average Bonchev–Trinajstić information content (AvgIpc) is 3.34. The molecule has 3 aliphatic heterocycles. The van der Waals surface area contributed by atoms with Gasteiger partial charge in [-0.3, -0.25) is 4.79 Å². The molecule has 40 heavy (non-hydrogen) atoms. The normalized spacial score (nSPS) is 30.4. The van der Waals surface area contributed by atoms with Gasteiger partial charge in [-0.15, -0.1) is 0 Å². The Labute approximate surface area is 236 Å². The zero-order valence-corrected chi connectivity index (χ0v) is 24.3. The summed E-state index contributed by atoms with van der Waals surface area (Å²) in [5.41, 5.74) is 2.82. The van der Waals surface area contributed by atoms with Crippen LogP contribution in [0.4, 0.5) is 4.39 Å². The molecule has 0 aromatic heterocycles. The average molecular weight is 548 g/mol. The topological polar surface area (TPSA) is 68.9 Å². The minimum Gasteiger partial charge on any atom is -0.387 e. The molecule has 5 atom stereocenters. The molecule has 7 nitrogen and oxygen atoms in total. The van der Waals surface area contributed by atoms with Gasteiger partial charge in [-0.1, -0.05) is 37.8 Å². The Kier molecular flexibility index (Phi) is 8.19. The van der Waals surface area contributed by atoms with Crippen molar-refractivity contribution in [2.45, 2.75) is 57.4 Å². The summed E-state index contributed by atoms with van der Waals surface area (Å²) in [4.78, 5) is 18.0. The monoisotopic (exact) mass is 547 g/mol. The predicted molar refractivity (Wildman–Crippen MR) is 158 cm³/mol. The van der Waals surface area contributed by atoms with Crippen LogP contribution in [0.2, 0.25) is 0 Å². The minimum atomic E-state index is -0.639. The Bertz CT molecular complexity index is 1400. The Balaban J connectivity index is 1.60. The van der Waals surface area contributed by atoms with Crippen molar-refractivity contribution in [1.82, 2.24) is 25.8 Å². The number of hydrogen-bond acceptors (Lipinski definition) is 6. The van der Waals surface area contributed by atoms with Crippen LogP contribution in [0.15, 0.2) is 71.1 Å². The predicted octanol–water partition coefficient (Wildman–Crippen LogP) is 2.24. The lowest BCUT2D eigenvalue weighted by Crippen LogP contribution is -2.54. The zero-order chi connectivity index (χ0) is 28.6. The molecule has 0 bridgehead atoms. The Morgan fingerprint density at radius 3 is 2.60 bits per heavy atom. The number of halogens is 1. The second kappa shape index (κ2) is 11.6. The molecule has 8 heteroatoms. The van der Waals surface area contributed by atoms with E-state index in [1.165, 1.54) is 6.42 Å².